The standard InChI is InChI=1S/C10H8N4O/c11-8-4-7-9-5(10(15)14-13-7)2-1-3-6(9)12-8/h1-4,12H,11H2,(H,14,15). The fourth-order valence-electron chi connectivity index (χ4n) is 1.79. The second-order valence-corrected chi connectivity index (χ2v) is 3.39. The molecule has 1 aliphatic rings. The monoisotopic (exact) mass is 200 g/mol. The Morgan fingerprint density at radius 1 is 1.33 bits per heavy atom. The predicted molar refractivity (Wildman–Crippen MR) is 58.2 cm³/mol. The van der Waals surface area contributed by atoms with Gasteiger partial charge in [-0.2, -0.15) is 5.10 Å². The number of nitrogens with one attached hydrogen (secondary N) is 2. The summed E-state index contributed by atoms with van der Waals surface area (Å²) in [4.78, 5) is 11.5. The lowest BCUT2D eigenvalue weighted by Crippen LogP contribution is -2.17. The van der Waals surface area contributed by atoms with Crippen LogP contribution in [0.3, 0.4) is 0 Å². The minimum absolute atomic E-state index is 0.189. The van der Waals surface area contributed by atoms with Crippen LogP contribution in [0.5, 0.6) is 0 Å². The van der Waals surface area contributed by atoms with E-state index >= 15 is 0 Å². The number of aromatic amines is 1. The lowest BCUT2D eigenvalue weighted by Gasteiger charge is -2.15. The van der Waals surface area contributed by atoms with Crippen LogP contribution in [0.2, 0.25) is 0 Å². The fourth-order valence-corrected chi connectivity index (χ4v) is 1.79. The molecule has 15 heavy (non-hydrogen) atoms. The highest BCUT2D eigenvalue weighted by Crippen LogP contribution is 2.28. The van der Waals surface area contributed by atoms with Crippen molar-refractivity contribution in [3.05, 3.63) is 40.1 Å². The van der Waals surface area contributed by atoms with Gasteiger partial charge in [-0.05, 0) is 12.1 Å². The lowest BCUT2D eigenvalue weighted by molar-refractivity contribution is 0.996. The second kappa shape index (κ2) is 2.60. The highest BCUT2D eigenvalue weighted by molar-refractivity contribution is 6.01. The maximum atomic E-state index is 11.5. The molecule has 0 aliphatic carbocycles. The molecule has 74 valence electrons. The molecule has 0 radical (unpaired) electrons. The van der Waals surface area contributed by atoms with Gasteiger partial charge < -0.3 is 11.1 Å². The van der Waals surface area contributed by atoms with E-state index in [2.05, 4.69) is 15.5 Å². The summed E-state index contributed by atoms with van der Waals surface area (Å²) in [5.74, 6) is 0.523. The van der Waals surface area contributed by atoms with Gasteiger partial charge in [0.05, 0.1) is 11.1 Å². The Morgan fingerprint density at radius 3 is 3.07 bits per heavy atom. The van der Waals surface area contributed by atoms with Crippen molar-refractivity contribution in [3.8, 4) is 0 Å². The Kier molecular flexibility index (Phi) is 1.39. The van der Waals surface area contributed by atoms with E-state index < -0.39 is 0 Å². The summed E-state index contributed by atoms with van der Waals surface area (Å²) in [6, 6.07) is 5.44. The van der Waals surface area contributed by atoms with Crippen molar-refractivity contribution in [2.24, 2.45) is 5.73 Å². The van der Waals surface area contributed by atoms with Crippen LogP contribution in [0.15, 0.2) is 28.8 Å². The first-order valence-electron chi connectivity index (χ1n) is 4.51. The predicted octanol–water partition coefficient (Wildman–Crippen LogP) is 0.606. The molecular formula is C10H8N4O. The molecule has 4 N–H and O–H groups in total. The first-order chi connectivity index (χ1) is 7.25. The molecule has 0 atom stereocenters. The maximum Gasteiger partial charge on any atom is 0.272 e. The van der Waals surface area contributed by atoms with Crippen LogP contribution in [0.1, 0.15) is 5.69 Å². The zero-order valence-electron chi connectivity index (χ0n) is 7.74. The number of rotatable bonds is 0. The van der Waals surface area contributed by atoms with Crippen LogP contribution in [0, 0.1) is 0 Å². The van der Waals surface area contributed by atoms with Gasteiger partial charge in [0.2, 0.25) is 0 Å². The van der Waals surface area contributed by atoms with E-state index in [1.807, 2.05) is 12.1 Å². The molecule has 1 aromatic carbocycles. The largest absolute Gasteiger partial charge is 0.385 e. The number of hydrogen-bond acceptors (Lipinski definition) is 4. The number of aromatic nitrogens is 2. The van der Waals surface area contributed by atoms with Crippen LogP contribution in [0.4, 0.5) is 5.69 Å². The Hall–Kier alpha value is -2.30. The average Bonchev–Trinajstić information content (AvgIpc) is 2.23. The molecule has 2 heterocycles. The van der Waals surface area contributed by atoms with Gasteiger partial charge >= 0.3 is 0 Å². The van der Waals surface area contributed by atoms with Crippen LogP contribution in [-0.4, -0.2) is 10.2 Å². The smallest absolute Gasteiger partial charge is 0.272 e. The number of nitrogens with zero attached hydrogens (tertiary/aromatic N) is 1. The molecule has 5 nitrogen and oxygen atoms in total. The van der Waals surface area contributed by atoms with Gasteiger partial charge in [-0.3, -0.25) is 4.79 Å². The zero-order valence-corrected chi connectivity index (χ0v) is 7.74. The number of anilines is 1. The number of hydrogen-bond donors (Lipinski definition) is 3. The highest BCUT2D eigenvalue weighted by atomic mass is 16.1. The van der Waals surface area contributed by atoms with Gasteiger partial charge in [-0.25, -0.2) is 5.10 Å². The Bertz CT molecular complexity index is 641. The summed E-state index contributed by atoms with van der Waals surface area (Å²) in [6.45, 7) is 0. The molecule has 2 aromatic rings. The molecule has 3 rings (SSSR count). The first-order valence-corrected chi connectivity index (χ1v) is 4.51. The van der Waals surface area contributed by atoms with Gasteiger partial charge in [0.1, 0.15) is 5.82 Å². The zero-order chi connectivity index (χ0) is 10.4. The third-order valence-corrected chi connectivity index (χ3v) is 2.41. The van der Waals surface area contributed by atoms with Crippen LogP contribution in [0.25, 0.3) is 16.8 Å². The van der Waals surface area contributed by atoms with E-state index in [1.165, 1.54) is 0 Å². The summed E-state index contributed by atoms with van der Waals surface area (Å²) >= 11 is 0. The fraction of sp³-hybridized carbons (Fsp3) is 0. The molecule has 0 bridgehead atoms. The van der Waals surface area contributed by atoms with Crippen LogP contribution in [-0.2, 0) is 0 Å². The van der Waals surface area contributed by atoms with Gasteiger partial charge in [-0.15, -0.1) is 0 Å². The van der Waals surface area contributed by atoms with Crippen molar-refractivity contribution >= 4 is 22.5 Å². The molecule has 5 heteroatoms. The van der Waals surface area contributed by atoms with Crippen molar-refractivity contribution in [1.82, 2.24) is 10.2 Å². The SMILES string of the molecule is NC1=Cc2n[nH]c(=O)c3cccc(c23)N1. The third-order valence-electron chi connectivity index (χ3n) is 2.41. The lowest BCUT2D eigenvalue weighted by atomic mass is 10.1. The number of benzene rings is 1. The van der Waals surface area contributed by atoms with E-state index in [0.717, 1.165) is 11.1 Å². The topological polar surface area (TPSA) is 83.8 Å². The Morgan fingerprint density at radius 2 is 2.20 bits per heavy atom. The average molecular weight is 200 g/mol. The molecule has 0 saturated heterocycles. The summed E-state index contributed by atoms with van der Waals surface area (Å²) < 4.78 is 0. The van der Waals surface area contributed by atoms with E-state index in [1.54, 1.807) is 12.1 Å². The summed E-state index contributed by atoms with van der Waals surface area (Å²) in [6.07, 6.45) is 1.70. The molecule has 1 aliphatic heterocycles. The van der Waals surface area contributed by atoms with Crippen LogP contribution >= 0.6 is 0 Å². The van der Waals surface area contributed by atoms with Crippen molar-refractivity contribution in [3.63, 3.8) is 0 Å². The second-order valence-electron chi connectivity index (χ2n) is 3.39. The first kappa shape index (κ1) is 8.05. The molecule has 1 aromatic heterocycles. The van der Waals surface area contributed by atoms with Crippen molar-refractivity contribution in [2.45, 2.75) is 0 Å². The van der Waals surface area contributed by atoms with Crippen molar-refractivity contribution in [1.29, 1.82) is 0 Å². The van der Waals surface area contributed by atoms with Gasteiger partial charge in [0.25, 0.3) is 5.56 Å². The van der Waals surface area contributed by atoms with Gasteiger partial charge in [-0.1, -0.05) is 6.07 Å². The quantitative estimate of drug-likeness (QED) is 0.581. The Balaban J connectivity index is 2.57. The number of H-pyrrole nitrogens is 1. The normalized spacial score (nSPS) is 13.5. The van der Waals surface area contributed by atoms with Gasteiger partial charge in [0.15, 0.2) is 0 Å². The maximum absolute atomic E-state index is 11.5. The van der Waals surface area contributed by atoms with E-state index in [-0.39, 0.29) is 5.56 Å². The minimum atomic E-state index is -0.189. The summed E-state index contributed by atoms with van der Waals surface area (Å²) in [5, 5.41) is 10.8. The van der Waals surface area contributed by atoms with E-state index in [9.17, 15) is 4.79 Å². The minimum Gasteiger partial charge on any atom is -0.385 e. The number of nitrogens with two attached hydrogens (primary N) is 1. The Labute approximate surface area is 84.6 Å². The van der Waals surface area contributed by atoms with E-state index in [0.29, 0.717) is 16.9 Å². The molecule has 0 saturated carbocycles. The van der Waals surface area contributed by atoms with Crippen molar-refractivity contribution in [2.75, 3.05) is 5.32 Å². The van der Waals surface area contributed by atoms with Crippen molar-refractivity contribution < 1.29 is 0 Å². The molecule has 0 fully saturated rings. The highest BCUT2D eigenvalue weighted by Gasteiger charge is 2.13. The molecular weight excluding hydrogens is 192 g/mol. The molecule has 0 amide bonds. The molecule has 0 spiro atoms. The third kappa shape index (κ3) is 1.03. The summed E-state index contributed by atoms with van der Waals surface area (Å²) in [5.41, 5.74) is 7.00. The van der Waals surface area contributed by atoms with E-state index in [4.69, 9.17) is 5.73 Å². The van der Waals surface area contributed by atoms with Crippen LogP contribution < -0.4 is 16.6 Å². The van der Waals surface area contributed by atoms with Gasteiger partial charge in [0, 0.05) is 17.1 Å². The summed E-state index contributed by atoms with van der Waals surface area (Å²) in [7, 11) is 0. The molecule has 0 unspecified atom stereocenters.